The van der Waals surface area contributed by atoms with Crippen molar-refractivity contribution in [3.05, 3.63) is 33.9 Å². The first-order valence-electron chi connectivity index (χ1n) is 4.97. The standard InChI is InChI=1S/C11H13N3O2/c1-8(2)7-13-11-4-3-10(14(15)16)5-9(11)6-12/h3-5,8,13H,7H2,1-2H3. The molecule has 0 saturated heterocycles. The highest BCUT2D eigenvalue weighted by Gasteiger charge is 2.10. The van der Waals surface area contributed by atoms with Crippen LogP contribution in [-0.4, -0.2) is 11.5 Å². The minimum Gasteiger partial charge on any atom is -0.384 e. The molecular weight excluding hydrogens is 206 g/mol. The van der Waals surface area contributed by atoms with Crippen LogP contribution in [0.25, 0.3) is 0 Å². The van der Waals surface area contributed by atoms with Gasteiger partial charge >= 0.3 is 0 Å². The van der Waals surface area contributed by atoms with E-state index in [0.29, 0.717) is 17.2 Å². The Balaban J connectivity index is 2.94. The number of hydrogen-bond acceptors (Lipinski definition) is 4. The average molecular weight is 219 g/mol. The number of nitriles is 1. The van der Waals surface area contributed by atoms with E-state index in [1.807, 2.05) is 19.9 Å². The van der Waals surface area contributed by atoms with Gasteiger partial charge in [-0.1, -0.05) is 13.8 Å². The summed E-state index contributed by atoms with van der Waals surface area (Å²) in [6.07, 6.45) is 0. The Morgan fingerprint density at radius 1 is 1.56 bits per heavy atom. The maximum absolute atomic E-state index is 10.5. The number of nitrogens with one attached hydrogen (secondary N) is 1. The molecule has 0 amide bonds. The zero-order valence-electron chi connectivity index (χ0n) is 9.23. The summed E-state index contributed by atoms with van der Waals surface area (Å²) >= 11 is 0. The first-order chi connectivity index (χ1) is 7.54. The topological polar surface area (TPSA) is 79.0 Å². The van der Waals surface area contributed by atoms with Gasteiger partial charge in [0.25, 0.3) is 5.69 Å². The number of hydrogen-bond donors (Lipinski definition) is 1. The molecule has 0 aromatic heterocycles. The molecule has 1 aromatic rings. The molecule has 1 N–H and O–H groups in total. The summed E-state index contributed by atoms with van der Waals surface area (Å²) in [5.41, 5.74) is 0.878. The lowest BCUT2D eigenvalue weighted by atomic mass is 10.1. The number of anilines is 1. The predicted octanol–water partition coefficient (Wildman–Crippen LogP) is 2.53. The molecule has 0 spiro atoms. The Kier molecular flexibility index (Phi) is 3.84. The first kappa shape index (κ1) is 12.0. The van der Waals surface area contributed by atoms with E-state index < -0.39 is 4.92 Å². The minimum absolute atomic E-state index is 0.0633. The fraction of sp³-hybridized carbons (Fsp3) is 0.364. The van der Waals surface area contributed by atoms with Gasteiger partial charge in [0.2, 0.25) is 0 Å². The molecule has 1 aromatic carbocycles. The van der Waals surface area contributed by atoms with Gasteiger partial charge in [-0.3, -0.25) is 10.1 Å². The van der Waals surface area contributed by atoms with Crippen LogP contribution in [0.4, 0.5) is 11.4 Å². The zero-order chi connectivity index (χ0) is 12.1. The van der Waals surface area contributed by atoms with Gasteiger partial charge in [0.05, 0.1) is 16.2 Å². The van der Waals surface area contributed by atoms with Crippen LogP contribution in [0, 0.1) is 27.4 Å². The number of benzene rings is 1. The van der Waals surface area contributed by atoms with Crippen molar-refractivity contribution in [2.75, 3.05) is 11.9 Å². The van der Waals surface area contributed by atoms with Gasteiger partial charge in [0.15, 0.2) is 0 Å². The van der Waals surface area contributed by atoms with Crippen LogP contribution < -0.4 is 5.32 Å². The van der Waals surface area contributed by atoms with Crippen molar-refractivity contribution in [3.8, 4) is 6.07 Å². The number of non-ortho nitro benzene ring substituents is 1. The van der Waals surface area contributed by atoms with Gasteiger partial charge in [-0.25, -0.2) is 0 Å². The first-order valence-corrected chi connectivity index (χ1v) is 4.97. The molecular formula is C11H13N3O2. The highest BCUT2D eigenvalue weighted by Crippen LogP contribution is 2.21. The molecule has 0 aliphatic carbocycles. The maximum atomic E-state index is 10.5. The third-order valence-corrected chi connectivity index (χ3v) is 2.04. The van der Waals surface area contributed by atoms with Crippen molar-refractivity contribution in [1.82, 2.24) is 0 Å². The average Bonchev–Trinajstić information content (AvgIpc) is 2.25. The van der Waals surface area contributed by atoms with E-state index in [0.717, 1.165) is 6.54 Å². The number of nitro benzene ring substituents is 1. The lowest BCUT2D eigenvalue weighted by molar-refractivity contribution is -0.384. The second-order valence-corrected chi connectivity index (χ2v) is 3.87. The van der Waals surface area contributed by atoms with Crippen LogP contribution in [0.5, 0.6) is 0 Å². The number of nitro groups is 1. The summed E-state index contributed by atoms with van der Waals surface area (Å²) in [7, 11) is 0. The third-order valence-electron chi connectivity index (χ3n) is 2.04. The Bertz CT molecular complexity index is 435. The minimum atomic E-state index is -0.507. The Morgan fingerprint density at radius 3 is 2.75 bits per heavy atom. The van der Waals surface area contributed by atoms with Gasteiger partial charge in [-0.15, -0.1) is 0 Å². The molecule has 0 heterocycles. The monoisotopic (exact) mass is 219 g/mol. The van der Waals surface area contributed by atoms with Crippen molar-refractivity contribution < 1.29 is 4.92 Å². The molecule has 5 heteroatoms. The second-order valence-electron chi connectivity index (χ2n) is 3.87. The van der Waals surface area contributed by atoms with Crippen molar-refractivity contribution in [2.45, 2.75) is 13.8 Å². The Morgan fingerprint density at radius 2 is 2.25 bits per heavy atom. The van der Waals surface area contributed by atoms with E-state index in [2.05, 4.69) is 5.32 Å². The molecule has 0 bridgehead atoms. The summed E-state index contributed by atoms with van der Waals surface area (Å²) in [5.74, 6) is 0.446. The SMILES string of the molecule is CC(C)CNc1ccc([N+](=O)[O-])cc1C#N. The lowest BCUT2D eigenvalue weighted by Crippen LogP contribution is -2.09. The van der Waals surface area contributed by atoms with E-state index in [-0.39, 0.29) is 5.69 Å². The molecule has 0 atom stereocenters. The fourth-order valence-corrected chi connectivity index (χ4v) is 1.21. The Hall–Kier alpha value is -2.09. The van der Waals surface area contributed by atoms with E-state index in [9.17, 15) is 10.1 Å². The second kappa shape index (κ2) is 5.12. The summed E-state index contributed by atoms with van der Waals surface area (Å²) < 4.78 is 0. The fourth-order valence-electron chi connectivity index (χ4n) is 1.21. The van der Waals surface area contributed by atoms with E-state index in [1.54, 1.807) is 6.07 Å². The lowest BCUT2D eigenvalue weighted by Gasteiger charge is -2.09. The molecule has 5 nitrogen and oxygen atoms in total. The van der Waals surface area contributed by atoms with E-state index in [4.69, 9.17) is 5.26 Å². The molecule has 0 saturated carbocycles. The third kappa shape index (κ3) is 2.95. The van der Waals surface area contributed by atoms with E-state index >= 15 is 0 Å². The molecule has 16 heavy (non-hydrogen) atoms. The molecule has 1 rings (SSSR count). The molecule has 84 valence electrons. The quantitative estimate of drug-likeness (QED) is 0.623. The van der Waals surface area contributed by atoms with Gasteiger partial charge in [-0.05, 0) is 12.0 Å². The van der Waals surface area contributed by atoms with Crippen molar-refractivity contribution >= 4 is 11.4 Å². The molecule has 0 radical (unpaired) electrons. The van der Waals surface area contributed by atoms with E-state index in [1.165, 1.54) is 12.1 Å². The number of nitrogens with zero attached hydrogens (tertiary/aromatic N) is 2. The summed E-state index contributed by atoms with van der Waals surface area (Å²) in [4.78, 5) is 10.0. The number of rotatable bonds is 4. The van der Waals surface area contributed by atoms with Crippen LogP contribution in [0.1, 0.15) is 19.4 Å². The van der Waals surface area contributed by atoms with Crippen molar-refractivity contribution in [3.63, 3.8) is 0 Å². The van der Waals surface area contributed by atoms with Crippen molar-refractivity contribution in [2.24, 2.45) is 5.92 Å². The highest BCUT2D eigenvalue weighted by molar-refractivity contribution is 5.61. The Labute approximate surface area is 93.9 Å². The van der Waals surface area contributed by atoms with Gasteiger partial charge in [0, 0.05) is 18.7 Å². The van der Waals surface area contributed by atoms with Crippen LogP contribution in [0.3, 0.4) is 0 Å². The van der Waals surface area contributed by atoms with Crippen LogP contribution in [0.15, 0.2) is 18.2 Å². The summed E-state index contributed by atoms with van der Waals surface area (Å²) in [6, 6.07) is 6.19. The molecule has 0 aliphatic rings. The maximum Gasteiger partial charge on any atom is 0.270 e. The summed E-state index contributed by atoms with van der Waals surface area (Å²) in [5, 5.41) is 22.5. The van der Waals surface area contributed by atoms with Gasteiger partial charge in [-0.2, -0.15) is 5.26 Å². The largest absolute Gasteiger partial charge is 0.384 e. The zero-order valence-corrected chi connectivity index (χ0v) is 9.23. The molecule has 0 aliphatic heterocycles. The predicted molar refractivity (Wildman–Crippen MR) is 61.1 cm³/mol. The van der Waals surface area contributed by atoms with Gasteiger partial charge < -0.3 is 5.32 Å². The van der Waals surface area contributed by atoms with Crippen LogP contribution in [-0.2, 0) is 0 Å². The smallest absolute Gasteiger partial charge is 0.270 e. The molecule has 0 fully saturated rings. The molecule has 0 unspecified atom stereocenters. The van der Waals surface area contributed by atoms with Crippen molar-refractivity contribution in [1.29, 1.82) is 5.26 Å². The van der Waals surface area contributed by atoms with Crippen LogP contribution in [0.2, 0.25) is 0 Å². The normalized spacial score (nSPS) is 9.88. The highest BCUT2D eigenvalue weighted by atomic mass is 16.6. The summed E-state index contributed by atoms with van der Waals surface area (Å²) in [6.45, 7) is 4.82. The van der Waals surface area contributed by atoms with Crippen LogP contribution >= 0.6 is 0 Å². The van der Waals surface area contributed by atoms with Gasteiger partial charge in [0.1, 0.15) is 6.07 Å².